The predicted octanol–water partition coefficient (Wildman–Crippen LogP) is 4.54. The van der Waals surface area contributed by atoms with Gasteiger partial charge in [-0.3, -0.25) is 10.1 Å². The molecule has 0 aliphatic rings. The molecule has 10 heteroatoms. The minimum Gasteiger partial charge on any atom is -0.406 e. The monoisotopic (exact) mass is 383 g/mol. The number of carbonyl (C=O) groups is 1. The number of rotatable bonds is 4. The van der Waals surface area contributed by atoms with Crippen molar-refractivity contribution in [3.05, 3.63) is 59.1 Å². The molecule has 0 fully saturated rings. The van der Waals surface area contributed by atoms with Crippen LogP contribution in [0.1, 0.15) is 10.4 Å². The fourth-order valence-electron chi connectivity index (χ4n) is 2.01. The van der Waals surface area contributed by atoms with Crippen molar-refractivity contribution in [3.8, 4) is 17.2 Å². The molecule has 0 saturated carbocycles. The van der Waals surface area contributed by atoms with Gasteiger partial charge < -0.3 is 9.15 Å². The van der Waals surface area contributed by atoms with Crippen molar-refractivity contribution in [1.29, 1.82) is 0 Å². The Morgan fingerprint density at radius 3 is 2.54 bits per heavy atom. The largest absolute Gasteiger partial charge is 0.573 e. The minimum atomic E-state index is -4.85. The first kappa shape index (κ1) is 17.7. The van der Waals surface area contributed by atoms with Gasteiger partial charge in [0, 0.05) is 5.56 Å². The molecule has 1 heterocycles. The van der Waals surface area contributed by atoms with Crippen molar-refractivity contribution in [2.75, 3.05) is 5.32 Å². The number of aromatic nitrogens is 2. The lowest BCUT2D eigenvalue weighted by Crippen LogP contribution is -2.17. The average molecular weight is 384 g/mol. The van der Waals surface area contributed by atoms with Crippen LogP contribution < -0.4 is 10.1 Å². The molecule has 3 aromatic rings. The quantitative estimate of drug-likeness (QED) is 0.715. The van der Waals surface area contributed by atoms with E-state index in [0.29, 0.717) is 5.56 Å². The molecular formula is C16H9ClF3N3O3. The molecule has 0 radical (unpaired) electrons. The summed E-state index contributed by atoms with van der Waals surface area (Å²) in [6.07, 6.45) is -4.85. The molecule has 0 saturated heterocycles. The highest BCUT2D eigenvalue weighted by atomic mass is 35.5. The van der Waals surface area contributed by atoms with E-state index in [2.05, 4.69) is 20.3 Å². The number of hydrogen-bond acceptors (Lipinski definition) is 5. The van der Waals surface area contributed by atoms with Crippen LogP contribution >= 0.6 is 11.6 Å². The zero-order chi connectivity index (χ0) is 18.7. The van der Waals surface area contributed by atoms with E-state index in [1.165, 1.54) is 6.07 Å². The van der Waals surface area contributed by atoms with Gasteiger partial charge in [0.25, 0.3) is 11.8 Å². The molecule has 6 nitrogen and oxygen atoms in total. The van der Waals surface area contributed by atoms with Crippen molar-refractivity contribution >= 4 is 23.5 Å². The second-order valence-corrected chi connectivity index (χ2v) is 5.33. The first-order valence-corrected chi connectivity index (χ1v) is 7.45. The number of carbonyl (C=O) groups excluding carboxylic acids is 1. The molecule has 1 amide bonds. The van der Waals surface area contributed by atoms with Gasteiger partial charge in [-0.1, -0.05) is 34.9 Å². The number of halogens is 4. The number of hydrogen-bond donors (Lipinski definition) is 1. The van der Waals surface area contributed by atoms with Crippen LogP contribution in [0.3, 0.4) is 0 Å². The van der Waals surface area contributed by atoms with E-state index in [1.54, 1.807) is 30.3 Å². The summed E-state index contributed by atoms with van der Waals surface area (Å²) >= 11 is 5.96. The van der Waals surface area contributed by atoms with Crippen LogP contribution in [-0.2, 0) is 0 Å². The molecule has 0 bridgehead atoms. The first-order chi connectivity index (χ1) is 12.3. The summed E-state index contributed by atoms with van der Waals surface area (Å²) in [6.45, 7) is 0. The summed E-state index contributed by atoms with van der Waals surface area (Å²) in [5, 5.41) is 9.77. The third-order valence-electron chi connectivity index (χ3n) is 3.08. The lowest BCUT2D eigenvalue weighted by molar-refractivity contribution is -0.274. The number of amides is 1. The Morgan fingerprint density at radius 2 is 1.85 bits per heavy atom. The number of anilines is 1. The first-order valence-electron chi connectivity index (χ1n) is 7.07. The number of nitrogens with one attached hydrogen (secondary N) is 1. The van der Waals surface area contributed by atoms with Crippen LogP contribution in [0.5, 0.6) is 5.75 Å². The van der Waals surface area contributed by atoms with Crippen LogP contribution in [0.25, 0.3) is 11.5 Å². The number of ether oxygens (including phenoxy) is 1. The van der Waals surface area contributed by atoms with Gasteiger partial charge in [0.05, 0.1) is 10.6 Å². The van der Waals surface area contributed by atoms with E-state index >= 15 is 0 Å². The lowest BCUT2D eigenvalue weighted by Gasteiger charge is -2.09. The van der Waals surface area contributed by atoms with Crippen molar-refractivity contribution < 1.29 is 27.1 Å². The second kappa shape index (κ2) is 7.04. The number of alkyl halides is 3. The maximum atomic E-state index is 12.3. The van der Waals surface area contributed by atoms with Crippen molar-refractivity contribution in [3.63, 3.8) is 0 Å². The molecule has 0 atom stereocenters. The highest BCUT2D eigenvalue weighted by Gasteiger charge is 2.31. The van der Waals surface area contributed by atoms with Gasteiger partial charge in [0.15, 0.2) is 0 Å². The molecule has 3 rings (SSSR count). The van der Waals surface area contributed by atoms with Gasteiger partial charge >= 0.3 is 12.4 Å². The van der Waals surface area contributed by atoms with Gasteiger partial charge in [-0.25, -0.2) is 0 Å². The fourth-order valence-corrected chi connectivity index (χ4v) is 2.21. The van der Waals surface area contributed by atoms with E-state index in [1.807, 2.05) is 0 Å². The molecule has 1 aromatic heterocycles. The topological polar surface area (TPSA) is 77.2 Å². The third kappa shape index (κ3) is 4.31. The Morgan fingerprint density at radius 1 is 1.12 bits per heavy atom. The summed E-state index contributed by atoms with van der Waals surface area (Å²) in [4.78, 5) is 12.0. The molecule has 1 N–H and O–H groups in total. The van der Waals surface area contributed by atoms with E-state index in [0.717, 1.165) is 12.1 Å². The van der Waals surface area contributed by atoms with Crippen LogP contribution in [0.4, 0.5) is 19.2 Å². The molecule has 134 valence electrons. The van der Waals surface area contributed by atoms with Crippen molar-refractivity contribution in [2.45, 2.75) is 6.36 Å². The summed E-state index contributed by atoms with van der Waals surface area (Å²) < 4.78 is 46.1. The van der Waals surface area contributed by atoms with Crippen LogP contribution in [-0.4, -0.2) is 22.5 Å². The zero-order valence-corrected chi connectivity index (χ0v) is 13.5. The Labute approximate surface area is 149 Å². The SMILES string of the molecule is O=C(Nc1nnc(-c2cc(OC(F)(F)F)ccc2Cl)o1)c1ccccc1. The zero-order valence-electron chi connectivity index (χ0n) is 12.7. The second-order valence-electron chi connectivity index (χ2n) is 4.92. The Bertz CT molecular complexity index is 929. The van der Waals surface area contributed by atoms with Crippen LogP contribution in [0.15, 0.2) is 52.9 Å². The summed E-state index contributed by atoms with van der Waals surface area (Å²) in [7, 11) is 0. The highest BCUT2D eigenvalue weighted by Crippen LogP contribution is 2.33. The van der Waals surface area contributed by atoms with Crippen molar-refractivity contribution in [1.82, 2.24) is 10.2 Å². The highest BCUT2D eigenvalue weighted by molar-refractivity contribution is 6.33. The average Bonchev–Trinajstić information content (AvgIpc) is 3.04. The number of nitrogens with zero attached hydrogens (tertiary/aromatic N) is 2. The third-order valence-corrected chi connectivity index (χ3v) is 3.41. The summed E-state index contributed by atoms with van der Waals surface area (Å²) in [5.41, 5.74) is 0.395. The summed E-state index contributed by atoms with van der Waals surface area (Å²) in [5.74, 6) is -1.16. The van der Waals surface area contributed by atoms with Gasteiger partial charge in [-0.15, -0.1) is 18.3 Å². The Balaban J connectivity index is 1.81. The predicted molar refractivity (Wildman–Crippen MR) is 85.8 cm³/mol. The Kier molecular flexibility index (Phi) is 4.81. The summed E-state index contributed by atoms with van der Waals surface area (Å²) in [6, 6.07) is 11.3. The van der Waals surface area contributed by atoms with Gasteiger partial charge in [-0.05, 0) is 30.3 Å². The van der Waals surface area contributed by atoms with Crippen LogP contribution in [0, 0.1) is 0 Å². The molecule has 0 aliphatic carbocycles. The van der Waals surface area contributed by atoms with Crippen LogP contribution in [0.2, 0.25) is 5.02 Å². The molecule has 0 spiro atoms. The van der Waals surface area contributed by atoms with Gasteiger partial charge in [0.1, 0.15) is 5.75 Å². The molecule has 0 unspecified atom stereocenters. The van der Waals surface area contributed by atoms with E-state index in [4.69, 9.17) is 16.0 Å². The minimum absolute atomic E-state index is 0.0288. The molecule has 0 aliphatic heterocycles. The standard InChI is InChI=1S/C16H9ClF3N3O3/c17-12-7-6-10(26-16(18,19)20)8-11(12)14-22-23-15(25-14)21-13(24)9-4-2-1-3-5-9/h1-8H,(H,21,23,24). The van der Waals surface area contributed by atoms with Gasteiger partial charge in [-0.2, -0.15) is 0 Å². The smallest absolute Gasteiger partial charge is 0.406 e. The van der Waals surface area contributed by atoms with Crippen molar-refractivity contribution in [2.24, 2.45) is 0 Å². The molecule has 2 aromatic carbocycles. The number of benzene rings is 2. The van der Waals surface area contributed by atoms with E-state index < -0.39 is 18.0 Å². The lowest BCUT2D eigenvalue weighted by atomic mass is 10.2. The molecular weight excluding hydrogens is 375 g/mol. The normalized spacial score (nSPS) is 11.2. The Hall–Kier alpha value is -3.07. The maximum Gasteiger partial charge on any atom is 0.573 e. The maximum absolute atomic E-state index is 12.3. The van der Waals surface area contributed by atoms with E-state index in [-0.39, 0.29) is 22.5 Å². The fraction of sp³-hybridized carbons (Fsp3) is 0.0625. The molecule has 26 heavy (non-hydrogen) atoms. The van der Waals surface area contributed by atoms with E-state index in [9.17, 15) is 18.0 Å². The van der Waals surface area contributed by atoms with Gasteiger partial charge in [0.2, 0.25) is 0 Å².